The monoisotopic (exact) mass is 474 g/mol. The number of rotatable bonds is 4. The summed E-state index contributed by atoms with van der Waals surface area (Å²) in [5.41, 5.74) is 0.536. The fourth-order valence-electron chi connectivity index (χ4n) is 3.51. The van der Waals surface area contributed by atoms with E-state index in [1.54, 1.807) is 42.5 Å². The minimum atomic E-state index is -4.54. The molecule has 5 nitrogen and oxygen atoms in total. The number of benzene rings is 2. The van der Waals surface area contributed by atoms with Crippen LogP contribution in [-0.4, -0.2) is 27.5 Å². The van der Waals surface area contributed by atoms with Crippen LogP contribution < -0.4 is 0 Å². The standard InChI is InChI=1S/C27H17F3N2O3/c1-17(33)19-8-5-18(6-9-19)7-14-23-24(20-10-12-21(13-11-20)27(28,29)30)26(35)32(25(23)34)16-22-4-2-3-15-31-22/h2-6,8-13,15H,16H2,1H3. The maximum Gasteiger partial charge on any atom is 0.416 e. The van der Waals surface area contributed by atoms with Crippen molar-refractivity contribution < 1.29 is 27.6 Å². The molecule has 0 saturated heterocycles. The molecule has 0 saturated carbocycles. The number of carbonyl (C=O) groups excluding carboxylic acids is 3. The van der Waals surface area contributed by atoms with Crippen LogP contribution in [0, 0.1) is 11.8 Å². The van der Waals surface area contributed by atoms with Gasteiger partial charge in [0.05, 0.1) is 23.4 Å². The van der Waals surface area contributed by atoms with Crippen molar-refractivity contribution in [2.75, 3.05) is 0 Å². The Hall–Kier alpha value is -4.51. The lowest BCUT2D eigenvalue weighted by Crippen LogP contribution is -2.31. The van der Waals surface area contributed by atoms with E-state index in [0.717, 1.165) is 29.2 Å². The maximum absolute atomic E-state index is 13.2. The Labute approximate surface area is 198 Å². The third-order valence-corrected chi connectivity index (χ3v) is 5.34. The van der Waals surface area contributed by atoms with Crippen molar-refractivity contribution in [2.24, 2.45) is 0 Å². The van der Waals surface area contributed by atoms with Crippen LogP contribution in [0.4, 0.5) is 13.2 Å². The molecule has 2 amide bonds. The first-order valence-corrected chi connectivity index (χ1v) is 10.5. The smallest absolute Gasteiger partial charge is 0.295 e. The van der Waals surface area contributed by atoms with E-state index in [4.69, 9.17) is 0 Å². The van der Waals surface area contributed by atoms with Gasteiger partial charge in [0.15, 0.2) is 5.78 Å². The number of halogens is 3. The van der Waals surface area contributed by atoms with Crippen LogP contribution in [0.15, 0.2) is 78.5 Å². The highest BCUT2D eigenvalue weighted by molar-refractivity contribution is 6.37. The largest absolute Gasteiger partial charge is 0.416 e. The van der Waals surface area contributed by atoms with Crippen LogP contribution in [0.3, 0.4) is 0 Å². The fraction of sp³-hybridized carbons (Fsp3) is 0.111. The van der Waals surface area contributed by atoms with E-state index >= 15 is 0 Å². The van der Waals surface area contributed by atoms with Gasteiger partial charge < -0.3 is 0 Å². The molecule has 3 aromatic rings. The number of nitrogens with zero attached hydrogens (tertiary/aromatic N) is 2. The van der Waals surface area contributed by atoms with Crippen molar-refractivity contribution in [3.8, 4) is 11.8 Å². The number of amides is 2. The van der Waals surface area contributed by atoms with E-state index in [1.807, 2.05) is 0 Å². The van der Waals surface area contributed by atoms with Crippen LogP contribution in [0.2, 0.25) is 0 Å². The number of alkyl halides is 3. The summed E-state index contributed by atoms with van der Waals surface area (Å²) in [5, 5.41) is 0. The van der Waals surface area contributed by atoms with Crippen LogP contribution in [-0.2, 0) is 22.3 Å². The zero-order chi connectivity index (χ0) is 25.2. The number of ketones is 1. The zero-order valence-corrected chi connectivity index (χ0v) is 18.4. The molecule has 8 heteroatoms. The summed E-state index contributed by atoms with van der Waals surface area (Å²) in [6, 6.07) is 15.5. The van der Waals surface area contributed by atoms with E-state index in [0.29, 0.717) is 16.8 Å². The molecule has 0 spiro atoms. The number of pyridine rings is 1. The molecule has 0 unspecified atom stereocenters. The van der Waals surface area contributed by atoms with Gasteiger partial charge in [0.2, 0.25) is 0 Å². The average molecular weight is 474 g/mol. The molecule has 2 aromatic carbocycles. The van der Waals surface area contributed by atoms with Gasteiger partial charge in [-0.05, 0) is 48.9 Å². The summed E-state index contributed by atoms with van der Waals surface area (Å²) in [7, 11) is 0. The Morgan fingerprint density at radius 3 is 2.17 bits per heavy atom. The minimum absolute atomic E-state index is 0.0764. The lowest BCUT2D eigenvalue weighted by atomic mass is 10.00. The molecule has 2 heterocycles. The normalized spacial score (nSPS) is 13.7. The summed E-state index contributed by atoms with van der Waals surface area (Å²) in [6.07, 6.45) is -3.02. The first-order valence-electron chi connectivity index (χ1n) is 10.5. The van der Waals surface area contributed by atoms with Gasteiger partial charge in [-0.1, -0.05) is 42.2 Å². The van der Waals surface area contributed by atoms with Gasteiger partial charge in [0.1, 0.15) is 5.57 Å². The van der Waals surface area contributed by atoms with E-state index in [-0.39, 0.29) is 29.0 Å². The van der Waals surface area contributed by atoms with Crippen LogP contribution in [0.5, 0.6) is 0 Å². The van der Waals surface area contributed by atoms with Crippen molar-refractivity contribution in [3.63, 3.8) is 0 Å². The second kappa shape index (κ2) is 9.39. The van der Waals surface area contributed by atoms with Crippen molar-refractivity contribution in [3.05, 3.63) is 106 Å². The van der Waals surface area contributed by atoms with Gasteiger partial charge >= 0.3 is 6.18 Å². The summed E-state index contributed by atoms with van der Waals surface area (Å²) in [5.74, 6) is 4.09. The molecule has 1 aromatic heterocycles. The fourth-order valence-corrected chi connectivity index (χ4v) is 3.51. The highest BCUT2D eigenvalue weighted by atomic mass is 19.4. The van der Waals surface area contributed by atoms with E-state index in [2.05, 4.69) is 16.8 Å². The zero-order valence-electron chi connectivity index (χ0n) is 18.4. The number of hydrogen-bond donors (Lipinski definition) is 0. The molecule has 0 bridgehead atoms. The number of carbonyl (C=O) groups is 3. The number of aromatic nitrogens is 1. The molecular formula is C27H17F3N2O3. The molecule has 174 valence electrons. The quantitative estimate of drug-likeness (QED) is 0.313. The van der Waals surface area contributed by atoms with Crippen molar-refractivity contribution >= 4 is 23.2 Å². The van der Waals surface area contributed by atoms with E-state index < -0.39 is 23.6 Å². The van der Waals surface area contributed by atoms with Gasteiger partial charge in [-0.25, -0.2) is 0 Å². The van der Waals surface area contributed by atoms with Gasteiger partial charge in [-0.15, -0.1) is 0 Å². The Balaban J connectivity index is 1.75. The van der Waals surface area contributed by atoms with E-state index in [1.165, 1.54) is 13.1 Å². The molecule has 0 fully saturated rings. The Kier molecular flexibility index (Phi) is 6.34. The Bertz CT molecular complexity index is 1400. The minimum Gasteiger partial charge on any atom is -0.295 e. The van der Waals surface area contributed by atoms with Crippen molar-refractivity contribution in [1.82, 2.24) is 9.88 Å². The predicted molar refractivity (Wildman–Crippen MR) is 121 cm³/mol. The first-order chi connectivity index (χ1) is 16.6. The molecule has 0 N–H and O–H groups in total. The Morgan fingerprint density at radius 1 is 0.914 bits per heavy atom. The topological polar surface area (TPSA) is 67.3 Å². The first kappa shape index (κ1) is 23.6. The van der Waals surface area contributed by atoms with E-state index in [9.17, 15) is 27.6 Å². The van der Waals surface area contributed by atoms with Crippen LogP contribution in [0.25, 0.3) is 5.57 Å². The van der Waals surface area contributed by atoms with Gasteiger partial charge in [0.25, 0.3) is 11.8 Å². The third kappa shape index (κ3) is 5.04. The predicted octanol–water partition coefficient (Wildman–Crippen LogP) is 4.68. The lowest BCUT2D eigenvalue weighted by molar-refractivity contribution is -0.138. The number of Topliss-reactive ketones (excluding diaryl/α,β-unsaturated/α-hetero) is 1. The number of imide groups is 1. The lowest BCUT2D eigenvalue weighted by Gasteiger charge is -2.14. The summed E-state index contributed by atoms with van der Waals surface area (Å²) < 4.78 is 39.0. The molecule has 1 aliphatic heterocycles. The van der Waals surface area contributed by atoms with Gasteiger partial charge in [0, 0.05) is 17.3 Å². The van der Waals surface area contributed by atoms with Crippen molar-refractivity contribution in [1.29, 1.82) is 0 Å². The van der Waals surface area contributed by atoms with Gasteiger partial charge in [-0.3, -0.25) is 24.3 Å². The number of hydrogen-bond acceptors (Lipinski definition) is 4. The Morgan fingerprint density at radius 2 is 1.60 bits per heavy atom. The van der Waals surface area contributed by atoms with Crippen LogP contribution >= 0.6 is 0 Å². The molecule has 0 radical (unpaired) electrons. The molecular weight excluding hydrogens is 457 g/mol. The SMILES string of the molecule is CC(=O)c1ccc(C#CC2=C(c3ccc(C(F)(F)F)cc3)C(=O)N(Cc3ccccn3)C2=O)cc1. The second-order valence-corrected chi connectivity index (χ2v) is 7.73. The maximum atomic E-state index is 13.2. The highest BCUT2D eigenvalue weighted by Gasteiger charge is 2.39. The molecule has 1 aliphatic rings. The third-order valence-electron chi connectivity index (χ3n) is 5.34. The van der Waals surface area contributed by atoms with Crippen LogP contribution in [0.1, 0.15) is 39.7 Å². The summed E-state index contributed by atoms with van der Waals surface area (Å²) in [4.78, 5) is 43.0. The van der Waals surface area contributed by atoms with Crippen molar-refractivity contribution in [2.45, 2.75) is 19.6 Å². The summed E-state index contributed by atoms with van der Waals surface area (Å²) in [6.45, 7) is 1.32. The second-order valence-electron chi connectivity index (χ2n) is 7.73. The molecule has 4 rings (SSSR count). The average Bonchev–Trinajstić information content (AvgIpc) is 3.07. The molecule has 0 aliphatic carbocycles. The summed E-state index contributed by atoms with van der Waals surface area (Å²) >= 11 is 0. The molecule has 0 atom stereocenters. The molecule has 35 heavy (non-hydrogen) atoms. The van der Waals surface area contributed by atoms with Gasteiger partial charge in [-0.2, -0.15) is 13.2 Å². The highest BCUT2D eigenvalue weighted by Crippen LogP contribution is 2.33.